The van der Waals surface area contributed by atoms with Crippen molar-refractivity contribution in [2.45, 2.75) is 13.8 Å². The van der Waals surface area contributed by atoms with E-state index >= 15 is 0 Å². The smallest absolute Gasteiger partial charge is 0.264 e. The first-order valence-electron chi connectivity index (χ1n) is 8.77. The van der Waals surface area contributed by atoms with E-state index in [1.54, 1.807) is 25.3 Å². The van der Waals surface area contributed by atoms with E-state index in [0.717, 1.165) is 11.1 Å². The highest BCUT2D eigenvalue weighted by atomic mass is 32.1. The van der Waals surface area contributed by atoms with Gasteiger partial charge in [0.25, 0.3) is 5.56 Å². The Kier molecular flexibility index (Phi) is 5.84. The molecule has 7 nitrogen and oxygen atoms in total. The minimum absolute atomic E-state index is 0.0262. The van der Waals surface area contributed by atoms with Crippen molar-refractivity contribution in [3.63, 3.8) is 0 Å². The summed E-state index contributed by atoms with van der Waals surface area (Å²) < 4.78 is 12.0. The maximum absolute atomic E-state index is 12.4. The summed E-state index contributed by atoms with van der Waals surface area (Å²) in [7, 11) is 3.06. The number of aromatic hydroxyl groups is 1. The molecule has 0 amide bonds. The predicted octanol–water partition coefficient (Wildman–Crippen LogP) is 3.99. The number of ether oxygens (including phenoxy) is 2. The van der Waals surface area contributed by atoms with Gasteiger partial charge in [-0.1, -0.05) is 6.07 Å². The molecule has 0 saturated heterocycles. The van der Waals surface area contributed by atoms with E-state index in [2.05, 4.69) is 9.98 Å². The van der Waals surface area contributed by atoms with Crippen LogP contribution in [0, 0.1) is 18.6 Å². The van der Waals surface area contributed by atoms with Gasteiger partial charge >= 0.3 is 0 Å². The quantitative estimate of drug-likeness (QED) is 0.490. The zero-order valence-electron chi connectivity index (χ0n) is 16.5. The first-order valence-corrected chi connectivity index (χ1v) is 9.18. The highest BCUT2D eigenvalue weighted by Gasteiger charge is 2.13. The molecule has 29 heavy (non-hydrogen) atoms. The summed E-state index contributed by atoms with van der Waals surface area (Å²) in [4.78, 5) is 19.3. The number of aromatic amines is 1. The zero-order valence-corrected chi connectivity index (χ0v) is 17.3. The standard InChI is InChI=1S/C21H21N3O4S/c1-12-5-6-14(9-13(12)2)24-20(26)16(19(25)23-21(24)29)11-22-17-10-15(27-3)7-8-18(17)28-4/h5-11,26H,1-4H3,(H,23,25,29). The number of aliphatic imine (C=N–C) groups is 1. The van der Waals surface area contributed by atoms with Crippen LogP contribution >= 0.6 is 12.2 Å². The van der Waals surface area contributed by atoms with Gasteiger partial charge < -0.3 is 14.6 Å². The Balaban J connectivity index is 2.14. The maximum Gasteiger partial charge on any atom is 0.264 e. The van der Waals surface area contributed by atoms with Gasteiger partial charge in [0.05, 0.1) is 19.9 Å². The molecule has 3 aromatic rings. The Morgan fingerprint density at radius 2 is 1.86 bits per heavy atom. The molecule has 0 radical (unpaired) electrons. The van der Waals surface area contributed by atoms with Crippen LogP contribution in [0.3, 0.4) is 0 Å². The highest BCUT2D eigenvalue weighted by Crippen LogP contribution is 2.31. The lowest BCUT2D eigenvalue weighted by atomic mass is 10.1. The average molecular weight is 411 g/mol. The van der Waals surface area contributed by atoms with Crippen molar-refractivity contribution < 1.29 is 14.6 Å². The van der Waals surface area contributed by atoms with Gasteiger partial charge in [0, 0.05) is 12.3 Å². The van der Waals surface area contributed by atoms with E-state index in [1.165, 1.54) is 17.9 Å². The molecular formula is C21H21N3O4S. The molecule has 0 atom stereocenters. The Morgan fingerprint density at radius 3 is 2.52 bits per heavy atom. The summed E-state index contributed by atoms with van der Waals surface area (Å²) >= 11 is 5.26. The summed E-state index contributed by atoms with van der Waals surface area (Å²) in [5.41, 5.74) is 2.66. The Bertz CT molecular complexity index is 1210. The molecule has 2 aromatic carbocycles. The van der Waals surface area contributed by atoms with Gasteiger partial charge in [-0.05, 0) is 61.5 Å². The fourth-order valence-corrected chi connectivity index (χ4v) is 3.08. The van der Waals surface area contributed by atoms with E-state index in [1.807, 2.05) is 32.0 Å². The van der Waals surface area contributed by atoms with Crippen LogP contribution in [0.1, 0.15) is 16.7 Å². The van der Waals surface area contributed by atoms with Crippen LogP contribution in [0.25, 0.3) is 5.69 Å². The first-order chi connectivity index (χ1) is 13.8. The molecule has 0 aliphatic rings. The summed E-state index contributed by atoms with van der Waals surface area (Å²) in [6, 6.07) is 10.7. The van der Waals surface area contributed by atoms with E-state index in [9.17, 15) is 9.90 Å². The molecule has 0 bridgehead atoms. The molecule has 1 aromatic heterocycles. The van der Waals surface area contributed by atoms with Crippen LogP contribution in [0.5, 0.6) is 17.4 Å². The first kappa shape index (κ1) is 20.3. The Hall–Kier alpha value is -3.39. The van der Waals surface area contributed by atoms with Crippen LogP contribution in [-0.2, 0) is 0 Å². The molecule has 8 heteroatoms. The van der Waals surface area contributed by atoms with E-state index < -0.39 is 5.56 Å². The fraction of sp³-hybridized carbons (Fsp3) is 0.190. The minimum atomic E-state index is -0.543. The molecule has 0 fully saturated rings. The number of nitrogens with one attached hydrogen (secondary N) is 1. The molecule has 0 unspecified atom stereocenters. The largest absolute Gasteiger partial charge is 0.497 e. The van der Waals surface area contributed by atoms with Gasteiger partial charge in [-0.25, -0.2) is 0 Å². The van der Waals surface area contributed by atoms with Gasteiger partial charge in [0.15, 0.2) is 4.77 Å². The number of methoxy groups -OCH3 is 2. The second-order valence-electron chi connectivity index (χ2n) is 6.40. The molecule has 0 saturated carbocycles. The van der Waals surface area contributed by atoms with Crippen LogP contribution in [-0.4, -0.2) is 35.1 Å². The van der Waals surface area contributed by atoms with E-state index in [-0.39, 0.29) is 16.2 Å². The van der Waals surface area contributed by atoms with Crippen molar-refractivity contribution in [1.29, 1.82) is 0 Å². The van der Waals surface area contributed by atoms with Crippen molar-refractivity contribution in [3.05, 3.63) is 68.2 Å². The van der Waals surface area contributed by atoms with Crippen molar-refractivity contribution in [1.82, 2.24) is 9.55 Å². The average Bonchev–Trinajstić information content (AvgIpc) is 2.70. The van der Waals surface area contributed by atoms with Gasteiger partial charge in [-0.2, -0.15) is 0 Å². The number of aryl methyl sites for hydroxylation is 2. The van der Waals surface area contributed by atoms with Crippen molar-refractivity contribution in [3.8, 4) is 23.1 Å². The van der Waals surface area contributed by atoms with Crippen molar-refractivity contribution in [2.75, 3.05) is 14.2 Å². The number of hydrogen-bond acceptors (Lipinski definition) is 6. The van der Waals surface area contributed by atoms with Crippen molar-refractivity contribution >= 4 is 24.1 Å². The molecule has 0 spiro atoms. The third-order valence-electron chi connectivity index (χ3n) is 4.59. The number of nitrogens with zero attached hydrogens (tertiary/aromatic N) is 2. The molecule has 0 aliphatic heterocycles. The molecule has 2 N–H and O–H groups in total. The predicted molar refractivity (Wildman–Crippen MR) is 115 cm³/mol. The highest BCUT2D eigenvalue weighted by molar-refractivity contribution is 7.71. The van der Waals surface area contributed by atoms with Crippen LogP contribution < -0.4 is 15.0 Å². The lowest BCUT2D eigenvalue weighted by Crippen LogP contribution is -2.18. The normalized spacial score (nSPS) is 11.0. The summed E-state index contributed by atoms with van der Waals surface area (Å²) in [5, 5.41) is 10.8. The second-order valence-corrected chi connectivity index (χ2v) is 6.78. The van der Waals surface area contributed by atoms with Gasteiger partial charge in [0.1, 0.15) is 22.7 Å². The molecular weight excluding hydrogens is 390 g/mol. The third kappa shape index (κ3) is 4.07. The summed E-state index contributed by atoms with van der Waals surface area (Å²) in [5.74, 6) is 0.787. The van der Waals surface area contributed by atoms with Gasteiger partial charge in [-0.3, -0.25) is 19.3 Å². The monoisotopic (exact) mass is 411 g/mol. The van der Waals surface area contributed by atoms with Crippen LogP contribution in [0.4, 0.5) is 5.69 Å². The van der Waals surface area contributed by atoms with E-state index in [4.69, 9.17) is 21.7 Å². The summed E-state index contributed by atoms with van der Waals surface area (Å²) in [6.07, 6.45) is 1.28. The van der Waals surface area contributed by atoms with Gasteiger partial charge in [0.2, 0.25) is 5.88 Å². The van der Waals surface area contributed by atoms with Crippen LogP contribution in [0.2, 0.25) is 0 Å². The van der Waals surface area contributed by atoms with E-state index in [0.29, 0.717) is 22.9 Å². The third-order valence-corrected chi connectivity index (χ3v) is 4.87. The zero-order chi connectivity index (χ0) is 21.1. The lowest BCUT2D eigenvalue weighted by molar-refractivity contribution is 0.404. The lowest BCUT2D eigenvalue weighted by Gasteiger charge is -2.13. The number of hydrogen-bond donors (Lipinski definition) is 2. The fourth-order valence-electron chi connectivity index (χ4n) is 2.79. The number of H-pyrrole nitrogens is 1. The SMILES string of the molecule is COc1ccc(OC)c(N=Cc2c(O)n(-c3ccc(C)c(C)c3)c(=S)[nH]c2=O)c1. The number of benzene rings is 2. The Labute approximate surface area is 172 Å². The number of aromatic nitrogens is 2. The topological polar surface area (TPSA) is 88.8 Å². The molecule has 1 heterocycles. The van der Waals surface area contributed by atoms with Crippen LogP contribution in [0.15, 0.2) is 46.2 Å². The minimum Gasteiger partial charge on any atom is -0.497 e. The maximum atomic E-state index is 12.4. The molecule has 0 aliphatic carbocycles. The van der Waals surface area contributed by atoms with Gasteiger partial charge in [-0.15, -0.1) is 0 Å². The number of rotatable bonds is 5. The molecule has 150 valence electrons. The Morgan fingerprint density at radius 1 is 1.10 bits per heavy atom. The molecule has 3 rings (SSSR count). The summed E-state index contributed by atoms with van der Waals surface area (Å²) in [6.45, 7) is 3.95. The van der Waals surface area contributed by atoms with Crippen molar-refractivity contribution in [2.24, 2.45) is 4.99 Å². The second kappa shape index (κ2) is 8.32.